The Balaban J connectivity index is 1.64. The summed E-state index contributed by atoms with van der Waals surface area (Å²) in [6.45, 7) is 0.465. The predicted molar refractivity (Wildman–Crippen MR) is 112 cm³/mol. The van der Waals surface area contributed by atoms with Crippen LogP contribution < -0.4 is 10.2 Å². The minimum atomic E-state index is -0.319. The standard InChI is InChI=1S/C20H15Br2N3O2/c21-17-9-15(11-24-25-20(26)16-7-4-8-23-12-16)10-18(22)19(17)27-13-14-5-2-1-3-6-14/h1-12H,13H2,(H,25,26). The summed E-state index contributed by atoms with van der Waals surface area (Å²) < 4.78 is 7.46. The highest BCUT2D eigenvalue weighted by Gasteiger charge is 2.09. The SMILES string of the molecule is O=C(NN=Cc1cc(Br)c(OCc2ccccc2)c(Br)c1)c1cccnc1. The quantitative estimate of drug-likeness (QED) is 0.394. The second kappa shape index (κ2) is 9.43. The zero-order chi connectivity index (χ0) is 19.1. The van der Waals surface area contributed by atoms with Crippen LogP contribution in [0.15, 0.2) is 81.0 Å². The maximum absolute atomic E-state index is 11.9. The summed E-state index contributed by atoms with van der Waals surface area (Å²) in [5, 5.41) is 3.99. The number of nitrogens with one attached hydrogen (secondary N) is 1. The van der Waals surface area contributed by atoms with Crippen LogP contribution in [-0.4, -0.2) is 17.1 Å². The molecule has 0 saturated carbocycles. The second-order valence-electron chi connectivity index (χ2n) is 5.53. The Labute approximate surface area is 173 Å². The van der Waals surface area contributed by atoms with Crippen molar-refractivity contribution in [2.75, 3.05) is 0 Å². The number of pyridine rings is 1. The van der Waals surface area contributed by atoms with Crippen molar-refractivity contribution < 1.29 is 9.53 Å². The first-order valence-electron chi connectivity index (χ1n) is 8.02. The lowest BCUT2D eigenvalue weighted by Gasteiger charge is -2.11. The molecule has 1 aromatic heterocycles. The van der Waals surface area contributed by atoms with Gasteiger partial charge >= 0.3 is 0 Å². The molecule has 0 bridgehead atoms. The van der Waals surface area contributed by atoms with E-state index in [1.54, 1.807) is 24.5 Å². The number of aromatic nitrogens is 1. The molecule has 0 unspecified atom stereocenters. The fourth-order valence-electron chi connectivity index (χ4n) is 2.25. The van der Waals surface area contributed by atoms with Crippen molar-refractivity contribution >= 4 is 44.0 Å². The molecule has 5 nitrogen and oxygen atoms in total. The number of hydrazone groups is 1. The fraction of sp³-hybridized carbons (Fsp3) is 0.0500. The van der Waals surface area contributed by atoms with Gasteiger partial charge in [0.25, 0.3) is 5.91 Å². The predicted octanol–water partition coefficient (Wildman–Crippen LogP) is 4.95. The molecule has 0 atom stereocenters. The number of rotatable bonds is 6. The molecule has 3 rings (SSSR count). The third-order valence-corrected chi connectivity index (χ3v) is 4.73. The van der Waals surface area contributed by atoms with Crippen molar-refractivity contribution in [3.63, 3.8) is 0 Å². The van der Waals surface area contributed by atoms with Crippen molar-refractivity contribution in [1.29, 1.82) is 0 Å². The number of hydrogen-bond donors (Lipinski definition) is 1. The van der Waals surface area contributed by atoms with E-state index in [2.05, 4.69) is 47.4 Å². The molecule has 136 valence electrons. The van der Waals surface area contributed by atoms with Crippen LogP contribution in [0.2, 0.25) is 0 Å². The van der Waals surface area contributed by atoms with Gasteiger partial charge in [-0.1, -0.05) is 30.3 Å². The third kappa shape index (κ3) is 5.48. The number of nitrogens with zero attached hydrogens (tertiary/aromatic N) is 2. The van der Waals surface area contributed by atoms with Crippen molar-refractivity contribution in [3.8, 4) is 5.75 Å². The maximum atomic E-state index is 11.9. The van der Waals surface area contributed by atoms with Crippen LogP contribution in [0.4, 0.5) is 0 Å². The van der Waals surface area contributed by atoms with Gasteiger partial charge in [-0.05, 0) is 67.3 Å². The van der Waals surface area contributed by atoms with Crippen molar-refractivity contribution in [2.45, 2.75) is 6.61 Å². The van der Waals surface area contributed by atoms with Gasteiger partial charge in [-0.25, -0.2) is 5.43 Å². The monoisotopic (exact) mass is 487 g/mol. The maximum Gasteiger partial charge on any atom is 0.272 e. The number of carbonyl (C=O) groups is 1. The van der Waals surface area contributed by atoms with Gasteiger partial charge in [0.2, 0.25) is 0 Å². The van der Waals surface area contributed by atoms with Gasteiger partial charge in [-0.2, -0.15) is 5.10 Å². The Morgan fingerprint density at radius 1 is 1.11 bits per heavy atom. The first-order chi connectivity index (χ1) is 13.1. The average Bonchev–Trinajstić information content (AvgIpc) is 2.69. The molecule has 0 aliphatic rings. The van der Waals surface area contributed by atoms with Crippen LogP contribution in [0.3, 0.4) is 0 Å². The Morgan fingerprint density at radius 2 is 1.85 bits per heavy atom. The number of benzene rings is 2. The molecule has 0 aliphatic heterocycles. The van der Waals surface area contributed by atoms with Gasteiger partial charge in [0.15, 0.2) is 0 Å². The number of halogens is 2. The van der Waals surface area contributed by atoms with Crippen molar-refractivity contribution in [3.05, 3.63) is 92.6 Å². The topological polar surface area (TPSA) is 63.6 Å². The largest absolute Gasteiger partial charge is 0.487 e. The van der Waals surface area contributed by atoms with Crippen LogP contribution >= 0.6 is 31.9 Å². The molecule has 0 spiro atoms. The summed E-state index contributed by atoms with van der Waals surface area (Å²) in [5.74, 6) is 0.385. The molecule has 0 radical (unpaired) electrons. The molecule has 1 N–H and O–H groups in total. The molecule has 3 aromatic rings. The average molecular weight is 489 g/mol. The first kappa shape index (κ1) is 19.3. The van der Waals surface area contributed by atoms with Crippen molar-refractivity contribution in [2.24, 2.45) is 5.10 Å². The van der Waals surface area contributed by atoms with Gasteiger partial charge in [-0.3, -0.25) is 9.78 Å². The van der Waals surface area contributed by atoms with E-state index >= 15 is 0 Å². The van der Waals surface area contributed by atoms with E-state index < -0.39 is 0 Å². The van der Waals surface area contributed by atoms with Gasteiger partial charge in [0, 0.05) is 12.4 Å². The van der Waals surface area contributed by atoms with E-state index in [0.717, 1.165) is 20.1 Å². The van der Waals surface area contributed by atoms with E-state index in [4.69, 9.17) is 4.74 Å². The van der Waals surface area contributed by atoms with E-state index in [0.29, 0.717) is 17.9 Å². The third-order valence-electron chi connectivity index (χ3n) is 3.55. The summed E-state index contributed by atoms with van der Waals surface area (Å²) in [4.78, 5) is 15.8. The lowest BCUT2D eigenvalue weighted by Crippen LogP contribution is -2.17. The zero-order valence-corrected chi connectivity index (χ0v) is 17.3. The number of hydrogen-bond acceptors (Lipinski definition) is 4. The smallest absolute Gasteiger partial charge is 0.272 e. The molecule has 2 aromatic carbocycles. The second-order valence-corrected chi connectivity index (χ2v) is 7.24. The lowest BCUT2D eigenvalue weighted by atomic mass is 10.2. The minimum absolute atomic E-state index is 0.319. The molecule has 27 heavy (non-hydrogen) atoms. The van der Waals surface area contributed by atoms with Crippen LogP contribution in [0.25, 0.3) is 0 Å². The molecule has 1 heterocycles. The summed E-state index contributed by atoms with van der Waals surface area (Å²) in [6.07, 6.45) is 4.65. The number of carbonyl (C=O) groups excluding carboxylic acids is 1. The molecular formula is C20H15Br2N3O2. The normalized spacial score (nSPS) is 10.7. The van der Waals surface area contributed by atoms with E-state index in [9.17, 15) is 4.79 Å². The van der Waals surface area contributed by atoms with Gasteiger partial charge in [-0.15, -0.1) is 0 Å². The molecule has 0 fully saturated rings. The summed E-state index contributed by atoms with van der Waals surface area (Å²) in [5.41, 5.74) is 4.80. The Hall–Kier alpha value is -2.51. The molecule has 7 heteroatoms. The highest BCUT2D eigenvalue weighted by atomic mass is 79.9. The summed E-state index contributed by atoms with van der Waals surface area (Å²) in [6, 6.07) is 17.0. The molecular weight excluding hydrogens is 474 g/mol. The van der Waals surface area contributed by atoms with Gasteiger partial charge in [0.05, 0.1) is 20.7 Å². The van der Waals surface area contributed by atoms with Crippen LogP contribution in [0, 0.1) is 0 Å². The Kier molecular flexibility index (Phi) is 6.73. The zero-order valence-electron chi connectivity index (χ0n) is 14.1. The van der Waals surface area contributed by atoms with E-state index in [1.807, 2.05) is 42.5 Å². The number of ether oxygens (including phenoxy) is 1. The highest BCUT2D eigenvalue weighted by molar-refractivity contribution is 9.11. The number of amides is 1. The van der Waals surface area contributed by atoms with Crippen LogP contribution in [-0.2, 0) is 6.61 Å². The molecule has 0 aliphatic carbocycles. The lowest BCUT2D eigenvalue weighted by molar-refractivity contribution is 0.0955. The summed E-state index contributed by atoms with van der Waals surface area (Å²) in [7, 11) is 0. The summed E-state index contributed by atoms with van der Waals surface area (Å²) >= 11 is 7.03. The van der Waals surface area contributed by atoms with Gasteiger partial charge < -0.3 is 4.74 Å². The van der Waals surface area contributed by atoms with Gasteiger partial charge in [0.1, 0.15) is 12.4 Å². The van der Waals surface area contributed by atoms with E-state index in [1.165, 1.54) is 6.20 Å². The molecule has 1 amide bonds. The van der Waals surface area contributed by atoms with Crippen molar-refractivity contribution in [1.82, 2.24) is 10.4 Å². The Morgan fingerprint density at radius 3 is 2.52 bits per heavy atom. The fourth-order valence-corrected chi connectivity index (χ4v) is 3.70. The van der Waals surface area contributed by atoms with E-state index in [-0.39, 0.29) is 5.91 Å². The first-order valence-corrected chi connectivity index (χ1v) is 9.61. The highest BCUT2D eigenvalue weighted by Crippen LogP contribution is 2.35. The minimum Gasteiger partial charge on any atom is -0.487 e. The molecule has 0 saturated heterocycles. The van der Waals surface area contributed by atoms with Crippen LogP contribution in [0.1, 0.15) is 21.5 Å². The van der Waals surface area contributed by atoms with Crippen LogP contribution in [0.5, 0.6) is 5.75 Å². The Bertz CT molecular complexity index is 925.